The van der Waals surface area contributed by atoms with Gasteiger partial charge in [-0.3, -0.25) is 4.79 Å². The van der Waals surface area contributed by atoms with Crippen LogP contribution in [0.15, 0.2) is 24.3 Å². The third-order valence-corrected chi connectivity index (χ3v) is 4.20. The van der Waals surface area contributed by atoms with E-state index in [9.17, 15) is 14.0 Å². The molecule has 0 saturated carbocycles. The van der Waals surface area contributed by atoms with Gasteiger partial charge >= 0.3 is 6.09 Å². The first-order valence-electron chi connectivity index (χ1n) is 9.39. The minimum atomic E-state index is -0.522. The topological polar surface area (TPSA) is 67.9 Å². The van der Waals surface area contributed by atoms with Gasteiger partial charge < -0.3 is 19.7 Å². The summed E-state index contributed by atoms with van der Waals surface area (Å²) < 4.78 is 24.1. The first-order valence-corrected chi connectivity index (χ1v) is 9.39. The summed E-state index contributed by atoms with van der Waals surface area (Å²) in [6.07, 6.45) is 1.88. The number of nitrogens with zero attached hydrogens (tertiary/aromatic N) is 1. The first-order chi connectivity index (χ1) is 12.7. The van der Waals surface area contributed by atoms with Gasteiger partial charge in [0, 0.05) is 25.6 Å². The van der Waals surface area contributed by atoms with Gasteiger partial charge in [0.05, 0.1) is 6.61 Å². The predicted molar refractivity (Wildman–Crippen MR) is 100 cm³/mol. The van der Waals surface area contributed by atoms with Crippen LogP contribution >= 0.6 is 0 Å². The summed E-state index contributed by atoms with van der Waals surface area (Å²) in [6.45, 7) is 6.97. The van der Waals surface area contributed by atoms with Crippen LogP contribution in [0.4, 0.5) is 9.18 Å². The highest BCUT2D eigenvalue weighted by molar-refractivity contribution is 5.76. The summed E-state index contributed by atoms with van der Waals surface area (Å²) >= 11 is 0. The van der Waals surface area contributed by atoms with Crippen molar-refractivity contribution < 1.29 is 23.5 Å². The smallest absolute Gasteiger partial charge is 0.407 e. The number of rotatable bonds is 6. The SMILES string of the molecule is CC(C)(C)OC(=O)NC1CCN(C(=O)CCCOc2ccccc2F)CC1. The second-order valence-corrected chi connectivity index (χ2v) is 7.68. The zero-order valence-electron chi connectivity index (χ0n) is 16.3. The van der Waals surface area contributed by atoms with Crippen LogP contribution in [-0.4, -0.2) is 48.2 Å². The number of alkyl carbamates (subject to hydrolysis) is 1. The third kappa shape index (κ3) is 7.45. The highest BCUT2D eigenvalue weighted by Gasteiger charge is 2.25. The van der Waals surface area contributed by atoms with Crippen LogP contribution in [0.5, 0.6) is 5.75 Å². The van der Waals surface area contributed by atoms with Crippen molar-refractivity contribution in [2.45, 2.75) is 58.1 Å². The molecule has 0 aromatic heterocycles. The van der Waals surface area contributed by atoms with E-state index in [1.807, 2.05) is 20.8 Å². The molecule has 1 aromatic rings. The predicted octanol–water partition coefficient (Wildman–Crippen LogP) is 3.50. The van der Waals surface area contributed by atoms with E-state index >= 15 is 0 Å². The zero-order valence-corrected chi connectivity index (χ0v) is 16.3. The molecular formula is C20H29FN2O4. The van der Waals surface area contributed by atoms with E-state index < -0.39 is 17.5 Å². The summed E-state index contributed by atoms with van der Waals surface area (Å²) in [5.74, 6) is -0.134. The molecule has 2 rings (SSSR count). The van der Waals surface area contributed by atoms with Crippen molar-refractivity contribution in [3.05, 3.63) is 30.1 Å². The molecule has 0 bridgehead atoms. The number of benzene rings is 1. The molecule has 1 aliphatic rings. The molecule has 6 nitrogen and oxygen atoms in total. The number of nitrogens with one attached hydrogen (secondary N) is 1. The number of carbonyl (C=O) groups excluding carboxylic acids is 2. The number of para-hydroxylation sites is 1. The Morgan fingerprint density at radius 2 is 1.89 bits per heavy atom. The van der Waals surface area contributed by atoms with Gasteiger partial charge in [0.15, 0.2) is 11.6 Å². The molecule has 1 heterocycles. The van der Waals surface area contributed by atoms with Gasteiger partial charge in [-0.2, -0.15) is 0 Å². The minimum absolute atomic E-state index is 0.0216. The van der Waals surface area contributed by atoms with Gasteiger partial charge in [0.2, 0.25) is 5.91 Å². The lowest BCUT2D eigenvalue weighted by atomic mass is 10.0. The first kappa shape index (κ1) is 21.0. The fraction of sp³-hybridized carbons (Fsp3) is 0.600. The molecule has 7 heteroatoms. The third-order valence-electron chi connectivity index (χ3n) is 4.20. The van der Waals surface area contributed by atoms with Gasteiger partial charge in [0.25, 0.3) is 0 Å². The molecule has 27 heavy (non-hydrogen) atoms. The molecular weight excluding hydrogens is 351 g/mol. The van der Waals surface area contributed by atoms with Crippen molar-refractivity contribution in [3.8, 4) is 5.75 Å². The largest absolute Gasteiger partial charge is 0.491 e. The van der Waals surface area contributed by atoms with Crippen LogP contribution in [-0.2, 0) is 9.53 Å². The quantitative estimate of drug-likeness (QED) is 0.767. The molecule has 1 aromatic carbocycles. The van der Waals surface area contributed by atoms with Gasteiger partial charge in [-0.1, -0.05) is 12.1 Å². The maximum atomic E-state index is 13.4. The van der Waals surface area contributed by atoms with Crippen molar-refractivity contribution in [3.63, 3.8) is 0 Å². The van der Waals surface area contributed by atoms with E-state index in [0.717, 1.165) is 0 Å². The lowest BCUT2D eigenvalue weighted by Gasteiger charge is -2.33. The van der Waals surface area contributed by atoms with Crippen molar-refractivity contribution in [2.75, 3.05) is 19.7 Å². The van der Waals surface area contributed by atoms with Crippen LogP contribution in [0, 0.1) is 5.82 Å². The maximum Gasteiger partial charge on any atom is 0.407 e. The number of amides is 2. The summed E-state index contributed by atoms with van der Waals surface area (Å²) in [7, 11) is 0. The maximum absolute atomic E-state index is 13.4. The second kappa shape index (κ2) is 9.58. The van der Waals surface area contributed by atoms with E-state index in [1.54, 1.807) is 23.1 Å². The number of piperidine rings is 1. The van der Waals surface area contributed by atoms with E-state index in [4.69, 9.17) is 9.47 Å². The Labute approximate surface area is 160 Å². The Kier molecular flexibility index (Phi) is 7.45. The Balaban J connectivity index is 1.63. The van der Waals surface area contributed by atoms with Crippen LogP contribution < -0.4 is 10.1 Å². The van der Waals surface area contributed by atoms with Gasteiger partial charge in [-0.25, -0.2) is 9.18 Å². The summed E-state index contributed by atoms with van der Waals surface area (Å²) in [5, 5.41) is 2.86. The lowest BCUT2D eigenvalue weighted by Crippen LogP contribution is -2.47. The van der Waals surface area contributed by atoms with E-state index in [-0.39, 0.29) is 17.7 Å². The number of carbonyl (C=O) groups is 2. The Morgan fingerprint density at radius 1 is 1.22 bits per heavy atom. The fourth-order valence-electron chi connectivity index (χ4n) is 2.87. The van der Waals surface area contributed by atoms with Crippen LogP contribution in [0.3, 0.4) is 0 Å². The standard InChI is InChI=1S/C20H29FN2O4/c1-20(2,3)27-19(25)22-15-10-12-23(13-11-15)18(24)9-6-14-26-17-8-5-4-7-16(17)21/h4-5,7-8,15H,6,9-14H2,1-3H3,(H,22,25). The van der Waals surface area contributed by atoms with Crippen LogP contribution in [0.2, 0.25) is 0 Å². The van der Waals surface area contributed by atoms with Crippen molar-refractivity contribution >= 4 is 12.0 Å². The molecule has 1 N–H and O–H groups in total. The molecule has 1 aliphatic heterocycles. The Bertz CT molecular complexity index is 637. The van der Waals surface area contributed by atoms with Crippen molar-refractivity contribution in [1.82, 2.24) is 10.2 Å². The second-order valence-electron chi connectivity index (χ2n) is 7.68. The zero-order chi connectivity index (χ0) is 19.9. The average molecular weight is 380 g/mol. The normalized spacial score (nSPS) is 15.3. The highest BCUT2D eigenvalue weighted by atomic mass is 19.1. The lowest BCUT2D eigenvalue weighted by molar-refractivity contribution is -0.132. The molecule has 2 amide bonds. The molecule has 150 valence electrons. The van der Waals surface area contributed by atoms with Gasteiger partial charge in [0.1, 0.15) is 5.60 Å². The molecule has 0 atom stereocenters. The summed E-state index contributed by atoms with van der Waals surface area (Å²) in [6, 6.07) is 6.25. The van der Waals surface area contributed by atoms with E-state index in [2.05, 4.69) is 5.32 Å². The van der Waals surface area contributed by atoms with Crippen LogP contribution in [0.1, 0.15) is 46.5 Å². The van der Waals surface area contributed by atoms with Gasteiger partial charge in [-0.05, 0) is 52.2 Å². The number of hydrogen-bond donors (Lipinski definition) is 1. The molecule has 1 fully saturated rings. The molecule has 0 spiro atoms. The van der Waals surface area contributed by atoms with Gasteiger partial charge in [-0.15, -0.1) is 0 Å². The number of likely N-dealkylation sites (tertiary alicyclic amines) is 1. The van der Waals surface area contributed by atoms with Crippen LogP contribution in [0.25, 0.3) is 0 Å². The molecule has 1 saturated heterocycles. The monoisotopic (exact) mass is 380 g/mol. The van der Waals surface area contributed by atoms with Crippen molar-refractivity contribution in [2.24, 2.45) is 0 Å². The summed E-state index contributed by atoms with van der Waals surface area (Å²) in [5.41, 5.74) is -0.522. The highest BCUT2D eigenvalue weighted by Crippen LogP contribution is 2.17. The molecule has 0 aliphatic carbocycles. The number of ether oxygens (including phenoxy) is 2. The Hall–Kier alpha value is -2.31. The van der Waals surface area contributed by atoms with Crippen molar-refractivity contribution in [1.29, 1.82) is 0 Å². The Morgan fingerprint density at radius 3 is 2.52 bits per heavy atom. The number of hydrogen-bond acceptors (Lipinski definition) is 4. The average Bonchev–Trinajstić information content (AvgIpc) is 2.59. The minimum Gasteiger partial charge on any atom is -0.491 e. The fourth-order valence-corrected chi connectivity index (χ4v) is 2.87. The van der Waals surface area contributed by atoms with E-state index in [1.165, 1.54) is 6.07 Å². The number of halogens is 1. The van der Waals surface area contributed by atoms with E-state index in [0.29, 0.717) is 45.4 Å². The molecule has 0 radical (unpaired) electrons. The summed E-state index contributed by atoms with van der Waals surface area (Å²) in [4.78, 5) is 25.9. The molecule has 0 unspecified atom stereocenters.